The van der Waals surface area contributed by atoms with Crippen LogP contribution in [0, 0.1) is 0 Å². The van der Waals surface area contributed by atoms with Gasteiger partial charge in [0.1, 0.15) is 5.82 Å². The molecule has 0 radical (unpaired) electrons. The molecule has 180 valence electrons. The molecule has 2 aliphatic rings. The molecule has 1 aliphatic heterocycles. The summed E-state index contributed by atoms with van der Waals surface area (Å²) in [5, 5.41) is 16.0. The molecule has 3 aromatic rings. The minimum Gasteiger partial charge on any atom is -0.395 e. The Morgan fingerprint density at radius 1 is 1.26 bits per heavy atom. The molecular weight excluding hydrogens is 450 g/mol. The van der Waals surface area contributed by atoms with Gasteiger partial charge in [-0.1, -0.05) is 12.8 Å². The number of amides is 1. The van der Waals surface area contributed by atoms with Crippen LogP contribution in [0.5, 0.6) is 0 Å². The van der Waals surface area contributed by atoms with E-state index in [0.717, 1.165) is 58.8 Å². The molecule has 3 aromatic heterocycles. The molecule has 0 unspecified atom stereocenters. The molecule has 2 fully saturated rings. The van der Waals surface area contributed by atoms with Gasteiger partial charge in [0, 0.05) is 45.3 Å². The molecule has 9 nitrogen and oxygen atoms in total. The number of anilines is 3. The minimum absolute atomic E-state index is 0.0352. The van der Waals surface area contributed by atoms with Crippen molar-refractivity contribution >= 4 is 44.9 Å². The number of nitrogens with zero attached hydrogens (tertiary/aromatic N) is 5. The van der Waals surface area contributed by atoms with E-state index in [4.69, 9.17) is 4.98 Å². The van der Waals surface area contributed by atoms with E-state index in [0.29, 0.717) is 17.7 Å². The van der Waals surface area contributed by atoms with Crippen molar-refractivity contribution in [3.8, 4) is 0 Å². The van der Waals surface area contributed by atoms with Gasteiger partial charge in [0.2, 0.25) is 5.95 Å². The fourth-order valence-corrected chi connectivity index (χ4v) is 6.09. The summed E-state index contributed by atoms with van der Waals surface area (Å²) in [6, 6.07) is 4.03. The first-order chi connectivity index (χ1) is 16.5. The van der Waals surface area contributed by atoms with Crippen LogP contribution in [0.1, 0.15) is 46.8 Å². The van der Waals surface area contributed by atoms with Crippen LogP contribution in [0.2, 0.25) is 0 Å². The first kappa shape index (κ1) is 22.9. The van der Waals surface area contributed by atoms with Crippen molar-refractivity contribution in [1.29, 1.82) is 0 Å². The number of thiophene rings is 1. The number of fused-ring (bicyclic) bond motifs is 1. The number of aliphatic hydroxyl groups is 1. The molecule has 10 heteroatoms. The van der Waals surface area contributed by atoms with Gasteiger partial charge in [-0.05, 0) is 30.9 Å². The van der Waals surface area contributed by atoms with Crippen molar-refractivity contribution in [3.63, 3.8) is 0 Å². The summed E-state index contributed by atoms with van der Waals surface area (Å²) in [4.78, 5) is 31.5. The Morgan fingerprint density at radius 2 is 2.09 bits per heavy atom. The monoisotopic (exact) mass is 481 g/mol. The maximum atomic E-state index is 12.9. The van der Waals surface area contributed by atoms with Crippen LogP contribution in [0.3, 0.4) is 0 Å². The standard InChI is InChI=1S/C24H31N7O2S/c1-30(2)23(33)22-20(15-5-3-4-6-15)21-18(34-22)12-27-24(29-21)28-19-8-7-17(11-26-19)31-10-9-25-16(13-31)14-32/h7-8,11-12,15-16,25,32H,3-6,9-10,13-14H2,1-2H3,(H,26,27,28,29)/t16-/m0/s1. The van der Waals surface area contributed by atoms with E-state index in [-0.39, 0.29) is 18.6 Å². The lowest BCUT2D eigenvalue weighted by molar-refractivity contribution is 0.0831. The Morgan fingerprint density at radius 3 is 2.79 bits per heavy atom. The second-order valence-corrected chi connectivity index (χ2v) is 10.3. The summed E-state index contributed by atoms with van der Waals surface area (Å²) < 4.78 is 0.943. The van der Waals surface area contributed by atoms with E-state index < -0.39 is 0 Å². The molecule has 1 atom stereocenters. The van der Waals surface area contributed by atoms with Gasteiger partial charge in [0.25, 0.3) is 5.91 Å². The molecule has 34 heavy (non-hydrogen) atoms. The predicted octanol–water partition coefficient (Wildman–Crippen LogP) is 2.96. The number of rotatable bonds is 6. The quantitative estimate of drug-likeness (QED) is 0.493. The maximum Gasteiger partial charge on any atom is 0.263 e. The van der Waals surface area contributed by atoms with E-state index in [9.17, 15) is 9.90 Å². The molecule has 4 heterocycles. The fraction of sp³-hybridized carbons (Fsp3) is 0.500. The molecule has 1 amide bonds. The first-order valence-corrected chi connectivity index (χ1v) is 12.7. The molecule has 1 aliphatic carbocycles. The Labute approximate surface area is 203 Å². The van der Waals surface area contributed by atoms with E-state index in [1.165, 1.54) is 24.2 Å². The predicted molar refractivity (Wildman–Crippen MR) is 135 cm³/mol. The highest BCUT2D eigenvalue weighted by molar-refractivity contribution is 7.21. The van der Waals surface area contributed by atoms with Crippen LogP contribution in [0.4, 0.5) is 17.5 Å². The van der Waals surface area contributed by atoms with E-state index in [1.54, 1.807) is 19.0 Å². The summed E-state index contributed by atoms with van der Waals surface area (Å²) in [6.07, 6.45) is 8.22. The van der Waals surface area contributed by atoms with Crippen molar-refractivity contribution in [2.24, 2.45) is 0 Å². The van der Waals surface area contributed by atoms with Gasteiger partial charge in [0.15, 0.2) is 0 Å². The molecule has 0 spiro atoms. The van der Waals surface area contributed by atoms with Gasteiger partial charge < -0.3 is 25.5 Å². The highest BCUT2D eigenvalue weighted by Gasteiger charge is 2.29. The second kappa shape index (κ2) is 9.81. The summed E-state index contributed by atoms with van der Waals surface area (Å²) in [5.74, 6) is 1.55. The number of hydrogen-bond donors (Lipinski definition) is 3. The van der Waals surface area contributed by atoms with Crippen molar-refractivity contribution in [3.05, 3.63) is 35.0 Å². The SMILES string of the molecule is CN(C)C(=O)c1sc2cnc(Nc3ccc(N4CCN[C@H](CO)C4)cn3)nc2c1C1CCCC1. The number of carbonyl (C=O) groups is 1. The van der Waals surface area contributed by atoms with Gasteiger partial charge >= 0.3 is 0 Å². The van der Waals surface area contributed by atoms with Crippen LogP contribution < -0.4 is 15.5 Å². The lowest BCUT2D eigenvalue weighted by Crippen LogP contribution is -2.52. The van der Waals surface area contributed by atoms with Crippen LogP contribution in [0.25, 0.3) is 10.2 Å². The molecule has 1 saturated carbocycles. The topological polar surface area (TPSA) is 107 Å². The second-order valence-electron chi connectivity index (χ2n) is 9.24. The Kier molecular flexibility index (Phi) is 6.62. The molecule has 5 rings (SSSR count). The third-order valence-electron chi connectivity index (χ3n) is 6.66. The number of hydrogen-bond acceptors (Lipinski definition) is 9. The van der Waals surface area contributed by atoms with E-state index >= 15 is 0 Å². The van der Waals surface area contributed by atoms with Crippen LogP contribution in [-0.4, -0.2) is 77.2 Å². The number of aliphatic hydroxyl groups excluding tert-OH is 1. The lowest BCUT2D eigenvalue weighted by Gasteiger charge is -2.34. The van der Waals surface area contributed by atoms with Gasteiger partial charge in [-0.3, -0.25) is 4.79 Å². The third-order valence-corrected chi connectivity index (χ3v) is 7.78. The van der Waals surface area contributed by atoms with Gasteiger partial charge in [-0.25, -0.2) is 15.0 Å². The summed E-state index contributed by atoms with van der Waals surface area (Å²) in [6.45, 7) is 2.58. The smallest absolute Gasteiger partial charge is 0.263 e. The zero-order chi connectivity index (χ0) is 23.7. The van der Waals surface area contributed by atoms with E-state index in [2.05, 4.69) is 25.5 Å². The number of carbonyl (C=O) groups excluding carboxylic acids is 1. The zero-order valence-electron chi connectivity index (χ0n) is 19.6. The molecule has 0 aromatic carbocycles. The summed E-state index contributed by atoms with van der Waals surface area (Å²) >= 11 is 1.49. The van der Waals surface area contributed by atoms with Gasteiger partial charge in [0.05, 0.1) is 39.8 Å². The summed E-state index contributed by atoms with van der Waals surface area (Å²) in [5.41, 5.74) is 2.99. The van der Waals surface area contributed by atoms with Crippen LogP contribution in [-0.2, 0) is 0 Å². The number of piperazine rings is 1. The third kappa shape index (κ3) is 4.57. The van der Waals surface area contributed by atoms with Crippen molar-refractivity contribution < 1.29 is 9.90 Å². The van der Waals surface area contributed by atoms with Gasteiger partial charge in [-0.15, -0.1) is 11.3 Å². The highest BCUT2D eigenvalue weighted by atomic mass is 32.1. The Hall–Kier alpha value is -2.82. The molecule has 3 N–H and O–H groups in total. The maximum absolute atomic E-state index is 12.9. The zero-order valence-corrected chi connectivity index (χ0v) is 20.4. The molecule has 0 bridgehead atoms. The number of aromatic nitrogens is 3. The number of pyridine rings is 1. The fourth-order valence-electron chi connectivity index (χ4n) is 4.87. The largest absolute Gasteiger partial charge is 0.395 e. The van der Waals surface area contributed by atoms with Crippen molar-refractivity contribution in [2.75, 3.05) is 50.6 Å². The van der Waals surface area contributed by atoms with Crippen molar-refractivity contribution in [1.82, 2.24) is 25.2 Å². The highest BCUT2D eigenvalue weighted by Crippen LogP contribution is 2.43. The number of nitrogens with one attached hydrogen (secondary N) is 2. The van der Waals surface area contributed by atoms with Crippen molar-refractivity contribution in [2.45, 2.75) is 37.6 Å². The molecular formula is C24H31N7O2S. The molecule has 1 saturated heterocycles. The normalized spacial score (nSPS) is 19.0. The van der Waals surface area contributed by atoms with Crippen LogP contribution >= 0.6 is 11.3 Å². The van der Waals surface area contributed by atoms with E-state index in [1.807, 2.05) is 24.5 Å². The lowest BCUT2D eigenvalue weighted by atomic mass is 9.96. The minimum atomic E-state index is 0.0352. The Balaban J connectivity index is 1.40. The average Bonchev–Trinajstić information content (AvgIpc) is 3.51. The first-order valence-electron chi connectivity index (χ1n) is 11.9. The van der Waals surface area contributed by atoms with Gasteiger partial charge in [-0.2, -0.15) is 0 Å². The summed E-state index contributed by atoms with van der Waals surface area (Å²) in [7, 11) is 3.59. The Bertz CT molecular complexity index is 1160. The van der Waals surface area contributed by atoms with Crippen LogP contribution in [0.15, 0.2) is 24.5 Å². The average molecular weight is 482 g/mol.